The van der Waals surface area contributed by atoms with Gasteiger partial charge in [0.25, 0.3) is 5.56 Å². The minimum atomic E-state index is -0.755. The molecule has 0 aliphatic heterocycles. The van der Waals surface area contributed by atoms with Gasteiger partial charge in [-0.15, -0.1) is 11.3 Å². The fourth-order valence-electron chi connectivity index (χ4n) is 2.16. The number of H-pyrrole nitrogens is 1. The minimum absolute atomic E-state index is 0.145. The lowest BCUT2D eigenvalue weighted by atomic mass is 9.98. The summed E-state index contributed by atoms with van der Waals surface area (Å²) in [5.41, 5.74) is 0.0695. The predicted molar refractivity (Wildman–Crippen MR) is 83.7 cm³/mol. The van der Waals surface area contributed by atoms with Crippen LogP contribution in [0, 0.1) is 13.8 Å². The number of aryl methyl sites for hydroxylation is 2. The van der Waals surface area contributed by atoms with Gasteiger partial charge in [-0.1, -0.05) is 6.92 Å². The first-order valence-corrected chi connectivity index (χ1v) is 7.73. The molecule has 2 heterocycles. The van der Waals surface area contributed by atoms with Gasteiger partial charge in [0, 0.05) is 4.88 Å². The average molecular weight is 311 g/mol. The van der Waals surface area contributed by atoms with Crippen LogP contribution in [0.5, 0.6) is 0 Å². The number of hydrogen-bond donors (Lipinski definition) is 4. The van der Waals surface area contributed by atoms with Crippen molar-refractivity contribution in [2.24, 2.45) is 0 Å². The Morgan fingerprint density at radius 3 is 2.57 bits per heavy atom. The molecule has 4 N–H and O–H groups in total. The molecule has 21 heavy (non-hydrogen) atoms. The van der Waals surface area contributed by atoms with Crippen molar-refractivity contribution in [1.82, 2.24) is 15.3 Å². The van der Waals surface area contributed by atoms with E-state index in [1.807, 2.05) is 20.8 Å². The molecular weight excluding hydrogens is 290 g/mol. The van der Waals surface area contributed by atoms with Gasteiger partial charge in [-0.2, -0.15) is 0 Å². The normalized spacial score (nSPS) is 12.2. The van der Waals surface area contributed by atoms with Crippen LogP contribution >= 0.6 is 11.3 Å². The van der Waals surface area contributed by atoms with Crippen LogP contribution in [0.1, 0.15) is 29.6 Å². The van der Waals surface area contributed by atoms with Gasteiger partial charge in [-0.05, 0) is 25.8 Å². The maximum Gasteiger partial charge on any atom is 0.259 e. The first kappa shape index (κ1) is 16.1. The molecule has 0 fully saturated rings. The summed E-state index contributed by atoms with van der Waals surface area (Å²) in [6, 6.07) is 0. The molecule has 6 nitrogen and oxygen atoms in total. The third kappa shape index (κ3) is 3.01. The molecule has 0 atom stereocenters. The zero-order valence-corrected chi connectivity index (χ0v) is 13.3. The topological polar surface area (TPSA) is 98.2 Å². The Labute approximate surface area is 126 Å². The summed E-state index contributed by atoms with van der Waals surface area (Å²) >= 11 is 1.50. The summed E-state index contributed by atoms with van der Waals surface area (Å²) in [4.78, 5) is 21.2. The van der Waals surface area contributed by atoms with E-state index in [1.165, 1.54) is 11.3 Å². The van der Waals surface area contributed by atoms with E-state index in [4.69, 9.17) is 0 Å². The number of nitrogens with one attached hydrogen (secondary N) is 2. The second-order valence-corrected chi connectivity index (χ2v) is 6.48. The number of rotatable bonds is 6. The van der Waals surface area contributed by atoms with Crippen molar-refractivity contribution in [3.8, 4) is 0 Å². The maximum atomic E-state index is 12.2. The van der Waals surface area contributed by atoms with Crippen molar-refractivity contribution in [3.05, 3.63) is 26.6 Å². The Morgan fingerprint density at radius 1 is 1.33 bits per heavy atom. The lowest BCUT2D eigenvalue weighted by molar-refractivity contribution is 0.0858. The standard InChI is InChI=1S/C14H21N3O3S/c1-4-14(6-18,7-19)15-5-10-16-12(20)11-8(2)9(3)21-13(11)17-10/h15,18-19H,4-7H2,1-3H3,(H,16,17,20). The summed E-state index contributed by atoms with van der Waals surface area (Å²) < 4.78 is 0. The van der Waals surface area contributed by atoms with Gasteiger partial charge in [0.05, 0.1) is 30.7 Å². The van der Waals surface area contributed by atoms with Crippen LogP contribution in [0.4, 0.5) is 0 Å². The second kappa shape index (κ2) is 6.23. The van der Waals surface area contributed by atoms with E-state index < -0.39 is 5.54 Å². The van der Waals surface area contributed by atoms with Gasteiger partial charge in [-0.25, -0.2) is 4.98 Å². The smallest absolute Gasteiger partial charge is 0.259 e. The first-order valence-electron chi connectivity index (χ1n) is 6.92. The van der Waals surface area contributed by atoms with E-state index in [2.05, 4.69) is 15.3 Å². The fraction of sp³-hybridized carbons (Fsp3) is 0.571. The quantitative estimate of drug-likeness (QED) is 0.633. The highest BCUT2D eigenvalue weighted by Gasteiger charge is 2.26. The van der Waals surface area contributed by atoms with Gasteiger partial charge >= 0.3 is 0 Å². The van der Waals surface area contributed by atoms with E-state index in [0.717, 1.165) is 15.3 Å². The third-order valence-corrected chi connectivity index (χ3v) is 5.10. The number of aromatic amines is 1. The lowest BCUT2D eigenvalue weighted by Gasteiger charge is -2.29. The molecule has 2 aromatic rings. The number of hydrogen-bond acceptors (Lipinski definition) is 6. The number of aromatic nitrogens is 2. The van der Waals surface area contributed by atoms with Gasteiger partial charge in [-0.3, -0.25) is 4.79 Å². The molecule has 0 spiro atoms. The lowest BCUT2D eigenvalue weighted by Crippen LogP contribution is -2.51. The molecule has 0 aliphatic carbocycles. The summed E-state index contributed by atoms with van der Waals surface area (Å²) in [5.74, 6) is 0.508. The summed E-state index contributed by atoms with van der Waals surface area (Å²) in [6.45, 7) is 5.70. The van der Waals surface area contributed by atoms with Crippen LogP contribution in [0.3, 0.4) is 0 Å². The third-order valence-electron chi connectivity index (χ3n) is 4.00. The van der Waals surface area contributed by atoms with Crippen molar-refractivity contribution in [3.63, 3.8) is 0 Å². The molecule has 0 aromatic carbocycles. The number of thiophene rings is 1. The molecule has 0 aliphatic rings. The maximum absolute atomic E-state index is 12.2. The van der Waals surface area contributed by atoms with Crippen LogP contribution in [-0.2, 0) is 6.54 Å². The summed E-state index contributed by atoms with van der Waals surface area (Å²) in [7, 11) is 0. The first-order chi connectivity index (χ1) is 9.96. The molecular formula is C14H21N3O3S. The summed E-state index contributed by atoms with van der Waals surface area (Å²) in [5, 5.41) is 22.5. The Kier molecular flexibility index (Phi) is 4.77. The molecule has 0 radical (unpaired) electrons. The number of fused-ring (bicyclic) bond motifs is 1. The van der Waals surface area contributed by atoms with Crippen molar-refractivity contribution in [1.29, 1.82) is 0 Å². The molecule has 0 saturated carbocycles. The van der Waals surface area contributed by atoms with Crippen molar-refractivity contribution in [2.45, 2.75) is 39.3 Å². The minimum Gasteiger partial charge on any atom is -0.394 e. The van der Waals surface area contributed by atoms with Crippen molar-refractivity contribution < 1.29 is 10.2 Å². The zero-order chi connectivity index (χ0) is 15.6. The zero-order valence-electron chi connectivity index (χ0n) is 12.5. The average Bonchev–Trinajstić information content (AvgIpc) is 2.76. The number of aliphatic hydroxyl groups is 2. The van der Waals surface area contributed by atoms with Crippen LogP contribution < -0.4 is 10.9 Å². The highest BCUT2D eigenvalue weighted by molar-refractivity contribution is 7.18. The van der Waals surface area contributed by atoms with Crippen molar-refractivity contribution >= 4 is 21.6 Å². The highest BCUT2D eigenvalue weighted by atomic mass is 32.1. The van der Waals surface area contributed by atoms with Gasteiger partial charge in [0.1, 0.15) is 10.7 Å². The predicted octanol–water partition coefficient (Wildman–Crippen LogP) is 0.824. The van der Waals surface area contributed by atoms with Crippen LogP contribution in [-0.4, -0.2) is 38.9 Å². The molecule has 2 rings (SSSR count). The van der Waals surface area contributed by atoms with Crippen LogP contribution in [0.2, 0.25) is 0 Å². The van der Waals surface area contributed by atoms with E-state index in [9.17, 15) is 15.0 Å². The van der Waals surface area contributed by atoms with Crippen LogP contribution in [0.25, 0.3) is 10.2 Å². The van der Waals surface area contributed by atoms with Gasteiger partial charge < -0.3 is 20.5 Å². The number of nitrogens with zero attached hydrogens (tertiary/aromatic N) is 1. The van der Waals surface area contributed by atoms with E-state index in [0.29, 0.717) is 17.6 Å². The van der Waals surface area contributed by atoms with Gasteiger partial charge in [0.2, 0.25) is 0 Å². The van der Waals surface area contributed by atoms with Gasteiger partial charge in [0.15, 0.2) is 0 Å². The van der Waals surface area contributed by atoms with Crippen LogP contribution in [0.15, 0.2) is 4.79 Å². The molecule has 0 saturated heterocycles. The highest BCUT2D eigenvalue weighted by Crippen LogP contribution is 2.25. The Balaban J connectivity index is 2.30. The number of aliphatic hydroxyl groups excluding tert-OH is 2. The Hall–Kier alpha value is -1.28. The molecule has 0 bridgehead atoms. The monoisotopic (exact) mass is 311 g/mol. The Morgan fingerprint density at radius 2 is 2.00 bits per heavy atom. The van der Waals surface area contributed by atoms with E-state index >= 15 is 0 Å². The molecule has 116 valence electrons. The van der Waals surface area contributed by atoms with Crippen molar-refractivity contribution in [2.75, 3.05) is 13.2 Å². The SMILES string of the molecule is CCC(CO)(CO)NCc1nc2sc(C)c(C)c2c(=O)[nH]1. The molecule has 0 unspecified atom stereocenters. The van der Waals surface area contributed by atoms with E-state index in [-0.39, 0.29) is 25.3 Å². The molecule has 2 aromatic heterocycles. The Bertz CT molecular complexity index is 680. The second-order valence-electron chi connectivity index (χ2n) is 5.28. The molecule has 0 amide bonds. The molecule has 7 heteroatoms. The fourth-order valence-corrected chi connectivity index (χ4v) is 3.21. The summed E-state index contributed by atoms with van der Waals surface area (Å²) in [6.07, 6.45) is 0.573. The largest absolute Gasteiger partial charge is 0.394 e. The van der Waals surface area contributed by atoms with E-state index in [1.54, 1.807) is 0 Å².